The minimum absolute atomic E-state index is 0.677. The second-order valence-corrected chi connectivity index (χ2v) is 4.58. The Balaban J connectivity index is 3.35. The molecule has 1 aromatic heterocycles. The first-order chi connectivity index (χ1) is 8.43. The first-order valence-corrected chi connectivity index (χ1v) is 6.11. The number of hydrogen-bond donors (Lipinski definition) is 2. The van der Waals surface area contributed by atoms with E-state index >= 15 is 0 Å². The summed E-state index contributed by atoms with van der Waals surface area (Å²) in [5.41, 5.74) is 10.3. The molecule has 0 fully saturated rings. The Morgan fingerprint density at radius 2 is 2.06 bits per heavy atom. The van der Waals surface area contributed by atoms with Gasteiger partial charge in [-0.1, -0.05) is 20.1 Å². The van der Waals surface area contributed by atoms with E-state index in [2.05, 4.69) is 25.4 Å². The van der Waals surface area contributed by atoms with Crippen LogP contribution in [0, 0.1) is 0 Å². The molecule has 0 aromatic carbocycles. The van der Waals surface area contributed by atoms with Crippen LogP contribution in [0.3, 0.4) is 0 Å². The van der Waals surface area contributed by atoms with Gasteiger partial charge in [0.25, 0.3) is 0 Å². The lowest BCUT2D eigenvalue weighted by Gasteiger charge is -2.18. The molecule has 1 aromatic rings. The van der Waals surface area contributed by atoms with E-state index in [-0.39, 0.29) is 0 Å². The van der Waals surface area contributed by atoms with Crippen LogP contribution < -0.4 is 11.1 Å². The lowest BCUT2D eigenvalue weighted by atomic mass is 10.0. The van der Waals surface area contributed by atoms with Crippen LogP contribution in [0.25, 0.3) is 11.3 Å². The van der Waals surface area contributed by atoms with Crippen molar-refractivity contribution in [3.8, 4) is 0 Å². The van der Waals surface area contributed by atoms with Gasteiger partial charge >= 0.3 is 0 Å². The van der Waals surface area contributed by atoms with Crippen molar-refractivity contribution in [2.24, 2.45) is 0 Å². The Kier molecular flexibility index (Phi) is 4.62. The standard InChI is InChI=1S/C14H24N4/c1-7-10(2)12-8-18(9-16-4)14(15)13(12)11(3)17(5)6/h8,16H,2-3,7,9,15H2,1,4-6H3. The summed E-state index contributed by atoms with van der Waals surface area (Å²) in [4.78, 5) is 1.97. The second-order valence-electron chi connectivity index (χ2n) is 4.58. The van der Waals surface area contributed by atoms with E-state index in [4.69, 9.17) is 5.73 Å². The van der Waals surface area contributed by atoms with Crippen molar-refractivity contribution >= 4 is 17.1 Å². The van der Waals surface area contributed by atoms with Gasteiger partial charge in [-0.15, -0.1) is 0 Å². The monoisotopic (exact) mass is 248 g/mol. The maximum Gasteiger partial charge on any atom is 0.114 e. The summed E-state index contributed by atoms with van der Waals surface area (Å²) in [5, 5.41) is 3.10. The van der Waals surface area contributed by atoms with Crippen LogP contribution in [-0.4, -0.2) is 30.6 Å². The van der Waals surface area contributed by atoms with Gasteiger partial charge in [-0.3, -0.25) is 0 Å². The molecular formula is C14H24N4. The van der Waals surface area contributed by atoms with Crippen molar-refractivity contribution in [1.29, 1.82) is 0 Å². The summed E-state index contributed by atoms with van der Waals surface area (Å²) in [6, 6.07) is 0. The predicted molar refractivity (Wildman–Crippen MR) is 80.0 cm³/mol. The van der Waals surface area contributed by atoms with Crippen molar-refractivity contribution in [2.75, 3.05) is 26.9 Å². The van der Waals surface area contributed by atoms with Crippen LogP contribution in [-0.2, 0) is 6.67 Å². The van der Waals surface area contributed by atoms with E-state index in [9.17, 15) is 0 Å². The van der Waals surface area contributed by atoms with Crippen LogP contribution in [0.15, 0.2) is 19.4 Å². The van der Waals surface area contributed by atoms with Gasteiger partial charge < -0.3 is 20.5 Å². The van der Waals surface area contributed by atoms with Gasteiger partial charge in [-0.05, 0) is 19.0 Å². The normalized spacial score (nSPS) is 10.4. The highest BCUT2D eigenvalue weighted by Crippen LogP contribution is 2.32. The minimum atomic E-state index is 0.677. The van der Waals surface area contributed by atoms with Gasteiger partial charge in [0.15, 0.2) is 0 Å². The molecule has 0 atom stereocenters. The molecule has 1 rings (SSSR count). The molecule has 18 heavy (non-hydrogen) atoms. The number of anilines is 1. The predicted octanol–water partition coefficient (Wildman–Crippen LogP) is 2.20. The van der Waals surface area contributed by atoms with Crippen LogP contribution in [0.4, 0.5) is 5.82 Å². The van der Waals surface area contributed by atoms with Gasteiger partial charge in [0, 0.05) is 37.1 Å². The summed E-state index contributed by atoms with van der Waals surface area (Å²) < 4.78 is 1.99. The molecule has 4 heteroatoms. The van der Waals surface area contributed by atoms with Crippen molar-refractivity contribution in [2.45, 2.75) is 20.0 Å². The Morgan fingerprint density at radius 1 is 1.44 bits per heavy atom. The van der Waals surface area contributed by atoms with E-state index in [1.54, 1.807) is 0 Å². The lowest BCUT2D eigenvalue weighted by Crippen LogP contribution is -2.15. The molecule has 0 saturated heterocycles. The van der Waals surface area contributed by atoms with E-state index in [1.165, 1.54) is 0 Å². The van der Waals surface area contributed by atoms with Crippen molar-refractivity contribution < 1.29 is 0 Å². The molecule has 0 aliphatic heterocycles. The zero-order valence-corrected chi connectivity index (χ0v) is 11.9. The van der Waals surface area contributed by atoms with Crippen molar-refractivity contribution in [1.82, 2.24) is 14.8 Å². The Morgan fingerprint density at radius 3 is 2.50 bits per heavy atom. The van der Waals surface area contributed by atoms with E-state index in [0.29, 0.717) is 6.67 Å². The Hall–Kier alpha value is -1.68. The fourth-order valence-electron chi connectivity index (χ4n) is 1.86. The molecule has 0 radical (unpaired) electrons. The smallest absolute Gasteiger partial charge is 0.114 e. The maximum absolute atomic E-state index is 6.22. The third-order valence-electron chi connectivity index (χ3n) is 3.08. The summed E-state index contributed by atoms with van der Waals surface area (Å²) >= 11 is 0. The maximum atomic E-state index is 6.22. The highest BCUT2D eigenvalue weighted by Gasteiger charge is 2.18. The number of allylic oxidation sites excluding steroid dienone is 1. The highest BCUT2D eigenvalue weighted by atomic mass is 15.2. The van der Waals surface area contributed by atoms with Gasteiger partial charge in [-0.25, -0.2) is 0 Å². The largest absolute Gasteiger partial charge is 0.384 e. The average Bonchev–Trinajstić information content (AvgIpc) is 2.65. The van der Waals surface area contributed by atoms with E-state index < -0.39 is 0 Å². The number of nitrogens with zero attached hydrogens (tertiary/aromatic N) is 2. The molecule has 4 nitrogen and oxygen atoms in total. The molecule has 1 heterocycles. The summed E-state index contributed by atoms with van der Waals surface area (Å²) in [6.45, 7) is 11.0. The number of hydrogen-bond acceptors (Lipinski definition) is 3. The molecule has 0 unspecified atom stereocenters. The molecule has 100 valence electrons. The first-order valence-electron chi connectivity index (χ1n) is 6.11. The van der Waals surface area contributed by atoms with Crippen LogP contribution in [0.1, 0.15) is 24.5 Å². The van der Waals surface area contributed by atoms with Crippen molar-refractivity contribution in [3.05, 3.63) is 30.5 Å². The number of rotatable bonds is 6. The van der Waals surface area contributed by atoms with Gasteiger partial charge in [0.1, 0.15) is 5.82 Å². The zero-order valence-electron chi connectivity index (χ0n) is 11.9. The molecule has 3 N–H and O–H groups in total. The average molecular weight is 248 g/mol. The topological polar surface area (TPSA) is 46.2 Å². The summed E-state index contributed by atoms with van der Waals surface area (Å²) in [7, 11) is 5.83. The van der Waals surface area contributed by atoms with Gasteiger partial charge in [-0.2, -0.15) is 0 Å². The Labute approximate surface area is 110 Å². The number of nitrogens with two attached hydrogens (primary N) is 1. The highest BCUT2D eigenvalue weighted by molar-refractivity contribution is 5.83. The van der Waals surface area contributed by atoms with Crippen LogP contribution in [0.2, 0.25) is 0 Å². The SMILES string of the molecule is C=C(CC)c1cn(CNC)c(N)c1C(=C)N(C)C. The summed E-state index contributed by atoms with van der Waals surface area (Å²) in [6.07, 6.45) is 2.94. The van der Waals surface area contributed by atoms with Gasteiger partial charge in [0.05, 0.1) is 6.67 Å². The second kappa shape index (κ2) is 5.78. The molecule has 0 spiro atoms. The molecule has 0 bridgehead atoms. The fourth-order valence-corrected chi connectivity index (χ4v) is 1.86. The quantitative estimate of drug-likeness (QED) is 0.811. The number of nitrogens with one attached hydrogen (secondary N) is 1. The number of nitrogen functional groups attached to an aromatic ring is 1. The first kappa shape index (κ1) is 14.4. The molecular weight excluding hydrogens is 224 g/mol. The third-order valence-corrected chi connectivity index (χ3v) is 3.08. The number of aromatic nitrogens is 1. The van der Waals surface area contributed by atoms with E-state index in [1.807, 2.05) is 36.8 Å². The van der Waals surface area contributed by atoms with E-state index in [0.717, 1.165) is 34.6 Å². The van der Waals surface area contributed by atoms with Crippen LogP contribution in [0.5, 0.6) is 0 Å². The molecule has 0 aliphatic rings. The minimum Gasteiger partial charge on any atom is -0.384 e. The molecule has 0 amide bonds. The van der Waals surface area contributed by atoms with Gasteiger partial charge in [0.2, 0.25) is 0 Å². The third kappa shape index (κ3) is 2.59. The van der Waals surface area contributed by atoms with Crippen LogP contribution >= 0.6 is 0 Å². The zero-order chi connectivity index (χ0) is 13.9. The van der Waals surface area contributed by atoms with Crippen molar-refractivity contribution in [3.63, 3.8) is 0 Å². The fraction of sp³-hybridized carbons (Fsp3) is 0.429. The summed E-state index contributed by atoms with van der Waals surface area (Å²) in [5.74, 6) is 0.729. The molecule has 0 saturated carbocycles. The molecule has 0 aliphatic carbocycles. The lowest BCUT2D eigenvalue weighted by molar-refractivity contribution is 0.592. The Bertz CT molecular complexity index is 455.